The van der Waals surface area contributed by atoms with Gasteiger partial charge in [0.1, 0.15) is 5.69 Å². The molecule has 0 aliphatic heterocycles. The molecule has 1 aromatic carbocycles. The van der Waals surface area contributed by atoms with Crippen LogP contribution in [-0.2, 0) is 0 Å². The maximum atomic E-state index is 10.6. The normalized spacial score (nSPS) is 8.93. The Balaban J connectivity index is 3.39. The van der Waals surface area contributed by atoms with E-state index in [1.54, 1.807) is 6.07 Å². The monoisotopic (exact) mass is 210 g/mol. The standard InChI is InChI=1S/C8H6N2O3S/c1-13-8-6(9-5-14)3-2-4-7(8)10(11)12/h2-4H,1H3. The van der Waals surface area contributed by atoms with E-state index in [0.29, 0.717) is 5.69 Å². The summed E-state index contributed by atoms with van der Waals surface area (Å²) in [6, 6.07) is 4.40. The van der Waals surface area contributed by atoms with E-state index in [4.69, 9.17) is 4.74 Å². The second-order valence-corrected chi connectivity index (χ2v) is 2.47. The van der Waals surface area contributed by atoms with E-state index in [1.807, 2.05) is 0 Å². The molecule has 0 bridgehead atoms. The van der Waals surface area contributed by atoms with Gasteiger partial charge in [-0.2, -0.15) is 4.99 Å². The highest BCUT2D eigenvalue weighted by atomic mass is 32.1. The lowest BCUT2D eigenvalue weighted by Gasteiger charge is -2.02. The number of para-hydroxylation sites is 1. The number of nitro groups is 1. The smallest absolute Gasteiger partial charge is 0.313 e. The Kier molecular flexibility index (Phi) is 3.28. The fraction of sp³-hybridized carbons (Fsp3) is 0.125. The second-order valence-electron chi connectivity index (χ2n) is 2.29. The first-order chi connectivity index (χ1) is 6.70. The van der Waals surface area contributed by atoms with Crippen molar-refractivity contribution in [3.05, 3.63) is 28.3 Å². The minimum atomic E-state index is -0.540. The number of isothiocyanates is 1. The highest BCUT2D eigenvalue weighted by Crippen LogP contribution is 2.35. The van der Waals surface area contributed by atoms with Gasteiger partial charge in [-0.15, -0.1) is 0 Å². The molecule has 0 atom stereocenters. The van der Waals surface area contributed by atoms with Gasteiger partial charge in [0.2, 0.25) is 5.75 Å². The number of nitrogens with zero attached hydrogens (tertiary/aromatic N) is 2. The van der Waals surface area contributed by atoms with Crippen LogP contribution in [0.5, 0.6) is 5.75 Å². The molecular formula is C8H6N2O3S. The molecule has 0 amide bonds. The van der Waals surface area contributed by atoms with Crippen molar-refractivity contribution in [1.82, 2.24) is 0 Å². The summed E-state index contributed by atoms with van der Waals surface area (Å²) in [5.41, 5.74) is 0.163. The molecule has 0 aliphatic carbocycles. The van der Waals surface area contributed by atoms with Crippen molar-refractivity contribution in [3.8, 4) is 5.75 Å². The summed E-state index contributed by atoms with van der Waals surface area (Å²) in [5, 5.41) is 12.7. The van der Waals surface area contributed by atoms with Gasteiger partial charge in [0.15, 0.2) is 0 Å². The highest BCUT2D eigenvalue weighted by molar-refractivity contribution is 7.78. The molecule has 72 valence electrons. The van der Waals surface area contributed by atoms with E-state index in [0.717, 1.165) is 0 Å². The maximum Gasteiger partial charge on any atom is 0.313 e. The van der Waals surface area contributed by atoms with Crippen LogP contribution >= 0.6 is 12.2 Å². The topological polar surface area (TPSA) is 64.7 Å². The number of aliphatic imine (C=N–C) groups is 1. The molecule has 5 nitrogen and oxygen atoms in total. The minimum absolute atomic E-state index is 0.0925. The number of nitro benzene ring substituents is 1. The third kappa shape index (κ3) is 1.93. The van der Waals surface area contributed by atoms with E-state index in [-0.39, 0.29) is 11.4 Å². The molecule has 14 heavy (non-hydrogen) atoms. The first-order valence-corrected chi connectivity index (χ1v) is 4.00. The summed E-state index contributed by atoms with van der Waals surface area (Å²) in [7, 11) is 1.34. The highest BCUT2D eigenvalue weighted by Gasteiger charge is 2.17. The molecule has 0 unspecified atom stereocenters. The van der Waals surface area contributed by atoms with Crippen LogP contribution in [0, 0.1) is 10.1 Å². The molecule has 0 saturated carbocycles. The number of ether oxygens (including phenoxy) is 1. The van der Waals surface area contributed by atoms with E-state index in [9.17, 15) is 10.1 Å². The number of rotatable bonds is 3. The number of thiocarbonyl (C=S) groups is 1. The van der Waals surface area contributed by atoms with Crippen molar-refractivity contribution >= 4 is 28.8 Å². The summed E-state index contributed by atoms with van der Waals surface area (Å²) in [5.74, 6) is 0.0925. The predicted molar refractivity (Wildman–Crippen MR) is 54.3 cm³/mol. The Hall–Kier alpha value is -1.78. The van der Waals surface area contributed by atoms with Crippen molar-refractivity contribution in [2.75, 3.05) is 7.11 Å². The van der Waals surface area contributed by atoms with E-state index < -0.39 is 4.92 Å². The molecule has 0 heterocycles. The zero-order valence-electron chi connectivity index (χ0n) is 7.26. The van der Waals surface area contributed by atoms with Gasteiger partial charge in [0, 0.05) is 6.07 Å². The molecular weight excluding hydrogens is 204 g/mol. The van der Waals surface area contributed by atoms with Crippen molar-refractivity contribution in [2.24, 2.45) is 4.99 Å². The lowest BCUT2D eigenvalue weighted by atomic mass is 10.2. The van der Waals surface area contributed by atoms with Gasteiger partial charge in [-0.1, -0.05) is 6.07 Å². The SMILES string of the molecule is COc1c(N=C=S)cccc1[N+](=O)[O-]. The van der Waals surface area contributed by atoms with Crippen LogP contribution in [-0.4, -0.2) is 17.2 Å². The number of hydrogen-bond acceptors (Lipinski definition) is 5. The fourth-order valence-corrected chi connectivity index (χ4v) is 1.10. The average Bonchev–Trinajstić information content (AvgIpc) is 2.18. The summed E-state index contributed by atoms with van der Waals surface area (Å²) in [6.07, 6.45) is 0. The van der Waals surface area contributed by atoms with Crippen LogP contribution in [0.15, 0.2) is 23.2 Å². The van der Waals surface area contributed by atoms with Gasteiger partial charge < -0.3 is 4.74 Å². The van der Waals surface area contributed by atoms with E-state index >= 15 is 0 Å². The molecule has 0 aliphatic rings. The summed E-state index contributed by atoms with van der Waals surface area (Å²) >= 11 is 4.41. The van der Waals surface area contributed by atoms with Crippen molar-refractivity contribution in [1.29, 1.82) is 0 Å². The van der Waals surface area contributed by atoms with Gasteiger partial charge in [-0.3, -0.25) is 10.1 Å². The summed E-state index contributed by atoms with van der Waals surface area (Å²) in [6.45, 7) is 0. The Morgan fingerprint density at radius 3 is 2.86 bits per heavy atom. The maximum absolute atomic E-state index is 10.6. The van der Waals surface area contributed by atoms with Crippen LogP contribution in [0.25, 0.3) is 0 Å². The van der Waals surface area contributed by atoms with Crippen LogP contribution in [0.2, 0.25) is 0 Å². The number of benzene rings is 1. The summed E-state index contributed by atoms with van der Waals surface area (Å²) < 4.78 is 4.87. The zero-order valence-corrected chi connectivity index (χ0v) is 8.08. The number of methoxy groups -OCH3 is 1. The van der Waals surface area contributed by atoms with Gasteiger partial charge in [-0.05, 0) is 18.3 Å². The molecule has 0 N–H and O–H groups in total. The summed E-state index contributed by atoms with van der Waals surface area (Å²) in [4.78, 5) is 13.7. The largest absolute Gasteiger partial charge is 0.489 e. The van der Waals surface area contributed by atoms with Crippen molar-refractivity contribution in [2.45, 2.75) is 0 Å². The van der Waals surface area contributed by atoms with Gasteiger partial charge in [0.25, 0.3) is 0 Å². The van der Waals surface area contributed by atoms with Gasteiger partial charge in [0.05, 0.1) is 17.2 Å². The second kappa shape index (κ2) is 4.45. The van der Waals surface area contributed by atoms with Crippen LogP contribution < -0.4 is 4.74 Å². The molecule has 0 radical (unpaired) electrons. The molecule has 1 rings (SSSR count). The zero-order chi connectivity index (χ0) is 10.6. The molecule has 1 aromatic rings. The first-order valence-electron chi connectivity index (χ1n) is 3.60. The third-order valence-electron chi connectivity index (χ3n) is 1.54. The Morgan fingerprint density at radius 2 is 2.36 bits per heavy atom. The quantitative estimate of drug-likeness (QED) is 0.332. The number of hydrogen-bond donors (Lipinski definition) is 0. The van der Waals surface area contributed by atoms with Crippen LogP contribution in [0.3, 0.4) is 0 Å². The Labute approximate surface area is 85.2 Å². The van der Waals surface area contributed by atoms with Gasteiger partial charge >= 0.3 is 5.69 Å². The van der Waals surface area contributed by atoms with Crippen LogP contribution in [0.4, 0.5) is 11.4 Å². The molecule has 0 saturated heterocycles. The van der Waals surface area contributed by atoms with Gasteiger partial charge in [-0.25, -0.2) is 0 Å². The minimum Gasteiger partial charge on any atom is -0.489 e. The van der Waals surface area contributed by atoms with E-state index in [1.165, 1.54) is 19.2 Å². The molecule has 0 fully saturated rings. The average molecular weight is 210 g/mol. The Bertz CT molecular complexity index is 393. The molecule has 0 aromatic heterocycles. The molecule has 0 spiro atoms. The Morgan fingerprint density at radius 1 is 1.64 bits per heavy atom. The van der Waals surface area contributed by atoms with Crippen LogP contribution in [0.1, 0.15) is 0 Å². The van der Waals surface area contributed by atoms with Crippen molar-refractivity contribution < 1.29 is 9.66 Å². The van der Waals surface area contributed by atoms with E-state index in [2.05, 4.69) is 22.4 Å². The lowest BCUT2D eigenvalue weighted by molar-refractivity contribution is -0.385. The lowest BCUT2D eigenvalue weighted by Crippen LogP contribution is -1.93. The third-order valence-corrected chi connectivity index (χ3v) is 1.63. The van der Waals surface area contributed by atoms with Crippen molar-refractivity contribution in [3.63, 3.8) is 0 Å². The molecule has 6 heteroatoms. The predicted octanol–water partition coefficient (Wildman–Crippen LogP) is 2.34. The first kappa shape index (κ1) is 10.3. The fourth-order valence-electron chi connectivity index (χ4n) is 1.00.